The number of aliphatic imine (C=N–C) groups is 2. The summed E-state index contributed by atoms with van der Waals surface area (Å²) in [6.07, 6.45) is 3.51. The fourth-order valence-corrected chi connectivity index (χ4v) is 2.21. The van der Waals surface area contributed by atoms with Gasteiger partial charge in [0.15, 0.2) is 5.96 Å². The summed E-state index contributed by atoms with van der Waals surface area (Å²) in [6.45, 7) is 2.76. The Balaban J connectivity index is 0.00000200. The Bertz CT molecular complexity index is 516. The van der Waals surface area contributed by atoms with Gasteiger partial charge < -0.3 is 17.2 Å². The highest BCUT2D eigenvalue weighted by Gasteiger charge is 2.24. The van der Waals surface area contributed by atoms with Crippen LogP contribution in [0.4, 0.5) is 0 Å². The first-order valence-corrected chi connectivity index (χ1v) is 6.55. The summed E-state index contributed by atoms with van der Waals surface area (Å²) in [5, 5.41) is 0. The molecule has 1 aromatic carbocycles. The maximum Gasteiger partial charge on any atom is 0.218 e. The highest BCUT2D eigenvalue weighted by Crippen LogP contribution is 2.41. The lowest BCUT2D eigenvalue weighted by Crippen LogP contribution is -2.26. The minimum atomic E-state index is -0.0640. The van der Waals surface area contributed by atoms with E-state index >= 15 is 0 Å². The molecule has 6 N–H and O–H groups in total. The number of nitrogens with two attached hydrogens (primary N) is 3. The summed E-state index contributed by atoms with van der Waals surface area (Å²) in [5.41, 5.74) is 20.1. The molecule has 1 fully saturated rings. The third-order valence-electron chi connectivity index (χ3n) is 3.27. The lowest BCUT2D eigenvalue weighted by atomic mass is 10.0. The number of rotatable bonds is 4. The molecule has 0 spiro atoms. The summed E-state index contributed by atoms with van der Waals surface area (Å²) in [5.74, 6) is 0.863. The Morgan fingerprint density at radius 1 is 1.25 bits per heavy atom. The van der Waals surface area contributed by atoms with E-state index in [0.717, 1.165) is 12.3 Å². The zero-order valence-corrected chi connectivity index (χ0v) is 12.5. The summed E-state index contributed by atoms with van der Waals surface area (Å²) >= 11 is 0. The van der Waals surface area contributed by atoms with Gasteiger partial charge >= 0.3 is 0 Å². The van der Waals surface area contributed by atoms with Crippen LogP contribution in [0.25, 0.3) is 0 Å². The van der Waals surface area contributed by atoms with Crippen LogP contribution in [0.5, 0.6) is 0 Å². The Morgan fingerprint density at radius 2 is 1.95 bits per heavy atom. The first-order chi connectivity index (χ1) is 9.06. The largest absolute Gasteiger partial charge is 0.370 e. The number of hydrogen-bond acceptors (Lipinski definition) is 1. The van der Waals surface area contributed by atoms with Crippen LogP contribution < -0.4 is 17.2 Å². The van der Waals surface area contributed by atoms with E-state index in [1.807, 2.05) is 0 Å². The molecule has 0 unspecified atom stereocenters. The van der Waals surface area contributed by atoms with Gasteiger partial charge in [-0.3, -0.25) is 4.99 Å². The molecule has 1 aromatic rings. The molecule has 1 aliphatic rings. The Kier molecular flexibility index (Phi) is 5.82. The Hall–Kier alpha value is -1.75. The minimum absolute atomic E-state index is 0. The third-order valence-corrected chi connectivity index (χ3v) is 3.27. The van der Waals surface area contributed by atoms with Crippen molar-refractivity contribution in [1.29, 1.82) is 0 Å². The molecule has 0 amide bonds. The quantitative estimate of drug-likeness (QED) is 0.578. The van der Waals surface area contributed by atoms with E-state index in [4.69, 9.17) is 17.2 Å². The molecule has 2 rings (SSSR count). The van der Waals surface area contributed by atoms with Crippen LogP contribution >= 0.6 is 12.4 Å². The van der Waals surface area contributed by atoms with E-state index < -0.39 is 0 Å². The van der Waals surface area contributed by atoms with Crippen molar-refractivity contribution >= 4 is 24.3 Å². The van der Waals surface area contributed by atoms with Crippen LogP contribution in [0.15, 0.2) is 28.2 Å². The summed E-state index contributed by atoms with van der Waals surface area (Å²) in [4.78, 5) is 7.78. The van der Waals surface area contributed by atoms with Crippen LogP contribution in [-0.2, 0) is 6.42 Å². The molecule has 6 heteroatoms. The van der Waals surface area contributed by atoms with Crippen molar-refractivity contribution in [3.63, 3.8) is 0 Å². The third kappa shape index (κ3) is 4.74. The van der Waals surface area contributed by atoms with Gasteiger partial charge in [0.2, 0.25) is 5.96 Å². The summed E-state index contributed by atoms with van der Waals surface area (Å²) < 4.78 is 0. The van der Waals surface area contributed by atoms with E-state index in [0.29, 0.717) is 6.54 Å². The van der Waals surface area contributed by atoms with Crippen molar-refractivity contribution in [2.24, 2.45) is 27.2 Å². The zero-order chi connectivity index (χ0) is 13.8. The summed E-state index contributed by atoms with van der Waals surface area (Å²) in [6, 6.07) is 6.65. The van der Waals surface area contributed by atoms with Gasteiger partial charge in [0, 0.05) is 6.54 Å². The molecule has 20 heavy (non-hydrogen) atoms. The predicted molar refractivity (Wildman–Crippen MR) is 86.4 cm³/mol. The second kappa shape index (κ2) is 7.14. The van der Waals surface area contributed by atoms with Crippen LogP contribution in [0.3, 0.4) is 0 Å². The molecule has 110 valence electrons. The van der Waals surface area contributed by atoms with Gasteiger partial charge in [-0.05, 0) is 48.8 Å². The van der Waals surface area contributed by atoms with E-state index in [1.165, 1.54) is 29.5 Å². The topological polar surface area (TPSA) is 103 Å². The van der Waals surface area contributed by atoms with Crippen molar-refractivity contribution in [3.8, 4) is 0 Å². The van der Waals surface area contributed by atoms with Crippen molar-refractivity contribution in [1.82, 2.24) is 0 Å². The molecule has 5 nitrogen and oxygen atoms in total. The van der Waals surface area contributed by atoms with E-state index in [1.54, 1.807) is 0 Å². The normalized spacial score (nSPS) is 14.6. The van der Waals surface area contributed by atoms with Crippen LogP contribution in [0.1, 0.15) is 35.4 Å². The van der Waals surface area contributed by atoms with Crippen LogP contribution in [0.2, 0.25) is 0 Å². The van der Waals surface area contributed by atoms with Gasteiger partial charge in [-0.1, -0.05) is 18.2 Å². The van der Waals surface area contributed by atoms with Gasteiger partial charge in [-0.15, -0.1) is 12.4 Å². The van der Waals surface area contributed by atoms with Crippen LogP contribution in [-0.4, -0.2) is 18.5 Å². The second-order valence-corrected chi connectivity index (χ2v) is 4.99. The highest BCUT2D eigenvalue weighted by atomic mass is 35.5. The number of guanidine groups is 2. The standard InChI is InChI=1S/C14H21N5.ClH/c1-9-8-10(2-5-12(9)11-3-4-11)6-7-18-14(17)19-13(15)16;/h2,5,8,11H,3-4,6-7H2,1H3,(H6,15,16,17,18,19);1H. The van der Waals surface area contributed by atoms with Gasteiger partial charge in [0.1, 0.15) is 0 Å². The van der Waals surface area contributed by atoms with Crippen molar-refractivity contribution in [2.45, 2.75) is 32.1 Å². The molecular formula is C14H22ClN5. The molecule has 1 aliphatic carbocycles. The molecular weight excluding hydrogens is 274 g/mol. The molecule has 0 bridgehead atoms. The number of nitrogens with zero attached hydrogens (tertiary/aromatic N) is 2. The molecule has 0 atom stereocenters. The first kappa shape index (κ1) is 16.3. The highest BCUT2D eigenvalue weighted by molar-refractivity contribution is 5.92. The van der Waals surface area contributed by atoms with Crippen LogP contribution in [0, 0.1) is 6.92 Å². The van der Waals surface area contributed by atoms with Gasteiger partial charge in [0.05, 0.1) is 0 Å². The average molecular weight is 296 g/mol. The second-order valence-electron chi connectivity index (χ2n) is 4.99. The maximum absolute atomic E-state index is 5.54. The van der Waals surface area contributed by atoms with Gasteiger partial charge in [-0.2, -0.15) is 4.99 Å². The van der Waals surface area contributed by atoms with Crippen molar-refractivity contribution in [3.05, 3.63) is 34.9 Å². The molecule has 0 heterocycles. The molecule has 0 aromatic heterocycles. The average Bonchev–Trinajstić information content (AvgIpc) is 3.12. The lowest BCUT2D eigenvalue weighted by molar-refractivity contribution is 0.954. The van der Waals surface area contributed by atoms with E-state index in [2.05, 4.69) is 35.1 Å². The van der Waals surface area contributed by atoms with Crippen molar-refractivity contribution < 1.29 is 0 Å². The monoisotopic (exact) mass is 295 g/mol. The molecule has 0 saturated heterocycles. The number of benzene rings is 1. The maximum atomic E-state index is 5.54. The van der Waals surface area contributed by atoms with E-state index in [-0.39, 0.29) is 24.3 Å². The Labute approximate surface area is 125 Å². The number of aryl methyl sites for hydroxylation is 1. The molecule has 0 aliphatic heterocycles. The van der Waals surface area contributed by atoms with Crippen molar-refractivity contribution in [2.75, 3.05) is 6.54 Å². The zero-order valence-electron chi connectivity index (χ0n) is 11.7. The van der Waals surface area contributed by atoms with Gasteiger partial charge in [0.25, 0.3) is 0 Å². The fourth-order valence-electron chi connectivity index (χ4n) is 2.21. The molecule has 0 radical (unpaired) electrons. The summed E-state index contributed by atoms with van der Waals surface area (Å²) in [7, 11) is 0. The smallest absolute Gasteiger partial charge is 0.218 e. The van der Waals surface area contributed by atoms with Gasteiger partial charge in [-0.25, -0.2) is 0 Å². The minimum Gasteiger partial charge on any atom is -0.370 e. The Morgan fingerprint density at radius 3 is 2.50 bits per heavy atom. The fraction of sp³-hybridized carbons (Fsp3) is 0.429. The predicted octanol–water partition coefficient (Wildman–Crippen LogP) is 1.42. The molecule has 1 saturated carbocycles. The first-order valence-electron chi connectivity index (χ1n) is 6.55. The SMILES string of the molecule is Cc1cc(CCN=C(N)N=C(N)N)ccc1C1CC1.Cl. The lowest BCUT2D eigenvalue weighted by Gasteiger charge is -2.06. The van der Waals surface area contributed by atoms with E-state index in [9.17, 15) is 0 Å². The number of halogens is 1. The number of hydrogen-bond donors (Lipinski definition) is 3.